The Balaban J connectivity index is 2.58. The lowest BCUT2D eigenvalue weighted by molar-refractivity contribution is -0.137. The second-order valence-corrected chi connectivity index (χ2v) is 3.57. The molecule has 1 aromatic rings. The van der Waals surface area contributed by atoms with Crippen LogP contribution in [0.3, 0.4) is 0 Å². The molecule has 0 aromatic heterocycles. The number of carbonyl (C=O) groups excluding carboxylic acids is 1. The molecule has 3 nitrogen and oxygen atoms in total. The van der Waals surface area contributed by atoms with Crippen LogP contribution in [0, 0.1) is 0 Å². The van der Waals surface area contributed by atoms with Gasteiger partial charge in [0.25, 0.3) is 0 Å². The van der Waals surface area contributed by atoms with Crippen molar-refractivity contribution in [3.8, 4) is 5.75 Å². The minimum atomic E-state index is -0.696. The van der Waals surface area contributed by atoms with E-state index in [-0.39, 0.29) is 0 Å². The van der Waals surface area contributed by atoms with Gasteiger partial charge >= 0.3 is 5.97 Å². The van der Waals surface area contributed by atoms with Gasteiger partial charge in [-0.05, 0) is 42.6 Å². The Morgan fingerprint density at radius 3 is 2.43 bits per heavy atom. The summed E-state index contributed by atoms with van der Waals surface area (Å²) in [6.45, 7) is 1.55. The van der Waals surface area contributed by atoms with Gasteiger partial charge in [-0.2, -0.15) is 0 Å². The highest BCUT2D eigenvalue weighted by Gasteiger charge is 2.20. The first-order valence-electron chi connectivity index (χ1n) is 3.99. The molecule has 0 aliphatic rings. The maximum Gasteiger partial charge on any atom is 0.331 e. The number of ether oxygens (including phenoxy) is 1. The summed E-state index contributed by atoms with van der Waals surface area (Å²) in [5.41, 5.74) is 0. The quantitative estimate of drug-likeness (QED) is 0.457. The van der Waals surface area contributed by atoms with Crippen LogP contribution in [0.1, 0.15) is 6.92 Å². The number of nitrogens with zero attached hydrogens (tertiary/aromatic N) is 1. The van der Waals surface area contributed by atoms with Crippen LogP contribution in [0.15, 0.2) is 30.3 Å². The van der Waals surface area contributed by atoms with Crippen molar-refractivity contribution in [2.24, 2.45) is 0 Å². The monoisotopic (exact) mass is 233 g/mol. The summed E-state index contributed by atoms with van der Waals surface area (Å²) in [5, 5.41) is 0. The molecule has 0 radical (unpaired) electrons. The average molecular weight is 234 g/mol. The maximum atomic E-state index is 11.3. The van der Waals surface area contributed by atoms with Gasteiger partial charge in [-0.15, -0.1) is 3.94 Å². The fraction of sp³-hybridized carbons (Fsp3) is 0.222. The van der Waals surface area contributed by atoms with E-state index in [1.807, 2.05) is 6.07 Å². The number of halogens is 2. The summed E-state index contributed by atoms with van der Waals surface area (Å²) in [6.07, 6.45) is 0. The molecule has 0 fully saturated rings. The maximum absolute atomic E-state index is 11.3. The second-order valence-electron chi connectivity index (χ2n) is 2.67. The molecule has 76 valence electrons. The van der Waals surface area contributed by atoms with Crippen LogP contribution < -0.4 is 4.74 Å². The summed E-state index contributed by atoms with van der Waals surface area (Å²) in [5.74, 6) is -0.0271. The van der Waals surface area contributed by atoms with E-state index < -0.39 is 12.0 Å². The minimum Gasteiger partial charge on any atom is -0.425 e. The molecular weight excluding hydrogens is 225 g/mol. The van der Waals surface area contributed by atoms with Gasteiger partial charge in [0, 0.05) is 0 Å². The van der Waals surface area contributed by atoms with E-state index in [2.05, 4.69) is 0 Å². The van der Waals surface area contributed by atoms with Crippen molar-refractivity contribution in [3.05, 3.63) is 30.3 Å². The molecule has 14 heavy (non-hydrogen) atoms. The van der Waals surface area contributed by atoms with E-state index in [9.17, 15) is 4.79 Å². The van der Waals surface area contributed by atoms with Crippen LogP contribution in [-0.2, 0) is 4.79 Å². The van der Waals surface area contributed by atoms with Crippen LogP contribution in [0.5, 0.6) is 5.75 Å². The number of para-hydroxylation sites is 1. The SMILES string of the molecule is C[C@@H](C(=O)Oc1ccccc1)N(Cl)Cl. The molecule has 0 amide bonds. The van der Waals surface area contributed by atoms with Crippen molar-refractivity contribution in [2.45, 2.75) is 13.0 Å². The zero-order chi connectivity index (χ0) is 10.6. The highest BCUT2D eigenvalue weighted by atomic mass is 35.5. The van der Waals surface area contributed by atoms with Crippen molar-refractivity contribution in [3.63, 3.8) is 0 Å². The van der Waals surface area contributed by atoms with Gasteiger partial charge in [0.15, 0.2) is 0 Å². The van der Waals surface area contributed by atoms with Crippen molar-refractivity contribution in [1.29, 1.82) is 0 Å². The third-order valence-electron chi connectivity index (χ3n) is 1.60. The first-order valence-corrected chi connectivity index (χ1v) is 4.66. The van der Waals surface area contributed by atoms with E-state index in [1.54, 1.807) is 31.2 Å². The molecule has 0 N–H and O–H groups in total. The summed E-state index contributed by atoms with van der Waals surface area (Å²) < 4.78 is 5.74. The van der Waals surface area contributed by atoms with Crippen molar-refractivity contribution in [1.82, 2.24) is 3.94 Å². The first kappa shape index (κ1) is 11.3. The Hall–Kier alpha value is -0.770. The van der Waals surface area contributed by atoms with E-state index >= 15 is 0 Å². The predicted octanol–water partition coefficient (Wildman–Crippen LogP) is 2.59. The molecule has 0 unspecified atom stereocenters. The van der Waals surface area contributed by atoms with Crippen LogP contribution in [-0.4, -0.2) is 15.9 Å². The predicted molar refractivity (Wildman–Crippen MR) is 55.1 cm³/mol. The van der Waals surface area contributed by atoms with Gasteiger partial charge in [-0.3, -0.25) is 0 Å². The van der Waals surface area contributed by atoms with Gasteiger partial charge in [0.05, 0.1) is 0 Å². The molecular formula is C9H9Cl2NO2. The number of hydrogen-bond acceptors (Lipinski definition) is 3. The Labute approximate surface area is 92.4 Å². The molecule has 0 heterocycles. The summed E-state index contributed by atoms with van der Waals surface area (Å²) in [6, 6.07) is 8.03. The van der Waals surface area contributed by atoms with E-state index in [4.69, 9.17) is 28.3 Å². The minimum absolute atomic E-state index is 0.472. The molecule has 0 aliphatic carbocycles. The zero-order valence-corrected chi connectivity index (χ0v) is 9.00. The summed E-state index contributed by atoms with van der Waals surface area (Å²) >= 11 is 10.8. The fourth-order valence-electron chi connectivity index (χ4n) is 0.770. The highest BCUT2D eigenvalue weighted by molar-refractivity contribution is 6.34. The first-order chi connectivity index (χ1) is 6.61. The van der Waals surface area contributed by atoms with Gasteiger partial charge in [0.2, 0.25) is 0 Å². The van der Waals surface area contributed by atoms with Crippen LogP contribution in [0.2, 0.25) is 0 Å². The normalized spacial score (nSPS) is 12.6. The highest BCUT2D eigenvalue weighted by Crippen LogP contribution is 2.13. The molecule has 0 saturated carbocycles. The van der Waals surface area contributed by atoms with Crippen LogP contribution >= 0.6 is 23.6 Å². The summed E-state index contributed by atoms with van der Waals surface area (Å²) in [7, 11) is 0. The number of carbonyl (C=O) groups is 1. The van der Waals surface area contributed by atoms with E-state index in [0.717, 1.165) is 3.94 Å². The molecule has 0 saturated heterocycles. The second kappa shape index (κ2) is 5.20. The van der Waals surface area contributed by atoms with Gasteiger partial charge in [-0.1, -0.05) is 18.2 Å². The zero-order valence-electron chi connectivity index (χ0n) is 7.48. The number of benzene rings is 1. The van der Waals surface area contributed by atoms with E-state index in [1.165, 1.54) is 0 Å². The third kappa shape index (κ3) is 3.18. The van der Waals surface area contributed by atoms with Gasteiger partial charge in [-0.25, -0.2) is 4.79 Å². The Bertz CT molecular complexity index is 303. The van der Waals surface area contributed by atoms with Crippen LogP contribution in [0.4, 0.5) is 0 Å². The molecule has 0 aliphatic heterocycles. The van der Waals surface area contributed by atoms with Gasteiger partial charge in [0.1, 0.15) is 11.8 Å². The lowest BCUT2D eigenvalue weighted by Gasteiger charge is -2.12. The van der Waals surface area contributed by atoms with Crippen LogP contribution in [0.25, 0.3) is 0 Å². The number of hydrogen-bond donors (Lipinski definition) is 0. The molecule has 1 atom stereocenters. The lowest BCUT2D eigenvalue weighted by Crippen LogP contribution is -2.30. The molecule has 0 spiro atoms. The lowest BCUT2D eigenvalue weighted by atomic mass is 10.3. The van der Waals surface area contributed by atoms with Crippen molar-refractivity contribution >= 4 is 29.5 Å². The average Bonchev–Trinajstić information content (AvgIpc) is 2.18. The number of esters is 1. The van der Waals surface area contributed by atoms with Crippen molar-refractivity contribution < 1.29 is 9.53 Å². The Morgan fingerprint density at radius 2 is 1.93 bits per heavy atom. The third-order valence-corrected chi connectivity index (χ3v) is 2.18. The van der Waals surface area contributed by atoms with Crippen molar-refractivity contribution in [2.75, 3.05) is 0 Å². The fourth-order valence-corrected chi connectivity index (χ4v) is 0.929. The number of rotatable bonds is 3. The smallest absolute Gasteiger partial charge is 0.331 e. The Kier molecular flexibility index (Phi) is 4.20. The van der Waals surface area contributed by atoms with E-state index in [0.29, 0.717) is 5.75 Å². The molecule has 5 heteroatoms. The largest absolute Gasteiger partial charge is 0.425 e. The summed E-state index contributed by atoms with van der Waals surface area (Å²) in [4.78, 5) is 11.3. The molecule has 1 rings (SSSR count). The van der Waals surface area contributed by atoms with Gasteiger partial charge < -0.3 is 4.74 Å². The molecule has 1 aromatic carbocycles. The Morgan fingerprint density at radius 1 is 1.36 bits per heavy atom. The molecule has 0 bridgehead atoms. The standard InChI is InChI=1S/C9H9Cl2NO2/c1-7(12(10)11)9(13)14-8-5-3-2-4-6-8/h2-7H,1H3/t7-/m0/s1. The topological polar surface area (TPSA) is 29.5 Å².